The molecular weight excluding hydrogens is 222 g/mol. The van der Waals surface area contributed by atoms with Crippen LogP contribution in [0.15, 0.2) is 0 Å². The Morgan fingerprint density at radius 2 is 2.00 bits per heavy atom. The van der Waals surface area contributed by atoms with E-state index in [9.17, 15) is 0 Å². The molecule has 1 aliphatic heterocycles. The van der Waals surface area contributed by atoms with Crippen LogP contribution in [-0.4, -0.2) is 62.2 Å². The van der Waals surface area contributed by atoms with Crippen LogP contribution in [0.25, 0.3) is 0 Å². The summed E-state index contributed by atoms with van der Waals surface area (Å²) >= 11 is 0. The molecule has 0 aromatic heterocycles. The Kier molecular flexibility index (Phi) is 5.46. The minimum Gasteiger partial charge on any atom is -0.312 e. The third kappa shape index (κ3) is 4.22. The summed E-state index contributed by atoms with van der Waals surface area (Å²) in [4.78, 5) is 5.11. The van der Waals surface area contributed by atoms with Crippen LogP contribution in [0.5, 0.6) is 0 Å². The molecule has 1 saturated heterocycles. The average Bonchev–Trinajstić information content (AvgIpc) is 3.15. The van der Waals surface area contributed by atoms with Gasteiger partial charge in [0.05, 0.1) is 0 Å². The van der Waals surface area contributed by atoms with Crippen LogP contribution in [0.1, 0.15) is 39.0 Å². The van der Waals surface area contributed by atoms with Crippen LogP contribution in [0, 0.1) is 5.92 Å². The molecule has 0 amide bonds. The molecule has 3 heteroatoms. The summed E-state index contributed by atoms with van der Waals surface area (Å²) in [5.41, 5.74) is 0. The summed E-state index contributed by atoms with van der Waals surface area (Å²) in [6.07, 6.45) is 6.89. The second-order valence-corrected chi connectivity index (χ2v) is 6.40. The zero-order valence-electron chi connectivity index (χ0n) is 12.5. The largest absolute Gasteiger partial charge is 0.312 e. The molecule has 0 aromatic rings. The fourth-order valence-corrected chi connectivity index (χ4v) is 3.16. The van der Waals surface area contributed by atoms with Crippen LogP contribution in [0.2, 0.25) is 0 Å². The lowest BCUT2D eigenvalue weighted by Crippen LogP contribution is -2.52. The molecule has 2 atom stereocenters. The van der Waals surface area contributed by atoms with Crippen LogP contribution in [0.4, 0.5) is 0 Å². The minimum atomic E-state index is 0.697. The fourth-order valence-electron chi connectivity index (χ4n) is 3.16. The maximum Gasteiger partial charge on any atom is 0.0373 e. The van der Waals surface area contributed by atoms with Gasteiger partial charge in [-0.15, -0.1) is 0 Å². The molecule has 2 unspecified atom stereocenters. The van der Waals surface area contributed by atoms with E-state index in [-0.39, 0.29) is 0 Å². The summed E-state index contributed by atoms with van der Waals surface area (Å²) < 4.78 is 0. The first-order valence-corrected chi connectivity index (χ1v) is 7.83. The molecule has 2 aliphatic rings. The average molecular weight is 253 g/mol. The summed E-state index contributed by atoms with van der Waals surface area (Å²) in [6.45, 7) is 7.18. The normalized spacial score (nSPS) is 29.2. The summed E-state index contributed by atoms with van der Waals surface area (Å²) in [5, 5.41) is 3.82. The van der Waals surface area contributed by atoms with Crippen molar-refractivity contribution in [2.75, 3.05) is 40.3 Å². The standard InChI is InChI=1S/C15H31N3/c1-4-8-16-14(11-13-6-7-13)15-12-17(2)9-5-10-18(15)3/h13-16H,4-12H2,1-3H3. The van der Waals surface area contributed by atoms with Gasteiger partial charge in [0.25, 0.3) is 0 Å². The van der Waals surface area contributed by atoms with Crippen molar-refractivity contribution in [1.82, 2.24) is 15.1 Å². The minimum absolute atomic E-state index is 0.697. The number of rotatable bonds is 6. The van der Waals surface area contributed by atoms with E-state index >= 15 is 0 Å². The smallest absolute Gasteiger partial charge is 0.0373 e. The molecule has 3 nitrogen and oxygen atoms in total. The van der Waals surface area contributed by atoms with Gasteiger partial charge in [0.1, 0.15) is 0 Å². The van der Waals surface area contributed by atoms with Crippen molar-refractivity contribution in [3.63, 3.8) is 0 Å². The third-order valence-corrected chi connectivity index (χ3v) is 4.52. The number of nitrogens with one attached hydrogen (secondary N) is 1. The molecule has 1 N–H and O–H groups in total. The number of likely N-dealkylation sites (N-methyl/N-ethyl adjacent to an activating group) is 2. The van der Waals surface area contributed by atoms with E-state index < -0.39 is 0 Å². The highest BCUT2D eigenvalue weighted by Crippen LogP contribution is 2.34. The van der Waals surface area contributed by atoms with E-state index in [4.69, 9.17) is 0 Å². The molecule has 0 radical (unpaired) electrons. The van der Waals surface area contributed by atoms with Gasteiger partial charge >= 0.3 is 0 Å². The van der Waals surface area contributed by atoms with Gasteiger partial charge in [-0.2, -0.15) is 0 Å². The second kappa shape index (κ2) is 6.88. The van der Waals surface area contributed by atoms with Crippen molar-refractivity contribution < 1.29 is 0 Å². The molecule has 18 heavy (non-hydrogen) atoms. The molecule has 0 spiro atoms. The Morgan fingerprint density at radius 1 is 1.22 bits per heavy atom. The highest BCUT2D eigenvalue weighted by molar-refractivity contribution is 4.91. The van der Waals surface area contributed by atoms with E-state index in [1.807, 2.05) is 0 Å². The highest BCUT2D eigenvalue weighted by atomic mass is 15.2. The molecule has 2 rings (SSSR count). The van der Waals surface area contributed by atoms with Crippen molar-refractivity contribution in [1.29, 1.82) is 0 Å². The van der Waals surface area contributed by atoms with E-state index in [2.05, 4.69) is 36.1 Å². The van der Waals surface area contributed by atoms with Crippen LogP contribution in [0.3, 0.4) is 0 Å². The molecule has 0 aromatic carbocycles. The molecular formula is C15H31N3. The van der Waals surface area contributed by atoms with Crippen molar-refractivity contribution >= 4 is 0 Å². The van der Waals surface area contributed by atoms with Crippen molar-refractivity contribution in [2.45, 2.75) is 51.1 Å². The first kappa shape index (κ1) is 14.3. The first-order valence-electron chi connectivity index (χ1n) is 7.83. The van der Waals surface area contributed by atoms with Crippen LogP contribution < -0.4 is 5.32 Å². The Labute approximate surface area is 113 Å². The number of hydrogen-bond acceptors (Lipinski definition) is 3. The van der Waals surface area contributed by atoms with Crippen molar-refractivity contribution in [3.05, 3.63) is 0 Å². The maximum atomic E-state index is 3.82. The molecule has 0 bridgehead atoms. The quantitative estimate of drug-likeness (QED) is 0.778. The van der Waals surface area contributed by atoms with Gasteiger partial charge in [0.2, 0.25) is 0 Å². The lowest BCUT2D eigenvalue weighted by Gasteiger charge is -2.35. The summed E-state index contributed by atoms with van der Waals surface area (Å²) in [6, 6.07) is 1.40. The molecule has 106 valence electrons. The van der Waals surface area contributed by atoms with Gasteiger partial charge in [-0.05, 0) is 58.9 Å². The molecule has 1 aliphatic carbocycles. The predicted octanol–water partition coefficient (Wildman–Crippen LogP) is 1.79. The predicted molar refractivity (Wildman–Crippen MR) is 78.0 cm³/mol. The Balaban J connectivity index is 1.95. The molecule has 1 heterocycles. The monoisotopic (exact) mass is 253 g/mol. The van der Waals surface area contributed by atoms with Crippen molar-refractivity contribution in [2.24, 2.45) is 5.92 Å². The fraction of sp³-hybridized carbons (Fsp3) is 1.00. The number of hydrogen-bond donors (Lipinski definition) is 1. The van der Waals surface area contributed by atoms with Gasteiger partial charge in [0, 0.05) is 18.6 Å². The van der Waals surface area contributed by atoms with E-state index in [1.165, 1.54) is 58.3 Å². The van der Waals surface area contributed by atoms with E-state index in [0.717, 1.165) is 5.92 Å². The zero-order chi connectivity index (χ0) is 13.0. The van der Waals surface area contributed by atoms with Gasteiger partial charge in [-0.3, -0.25) is 0 Å². The Morgan fingerprint density at radius 3 is 2.67 bits per heavy atom. The van der Waals surface area contributed by atoms with E-state index in [1.54, 1.807) is 0 Å². The van der Waals surface area contributed by atoms with Gasteiger partial charge in [-0.1, -0.05) is 19.8 Å². The Hall–Kier alpha value is -0.120. The topological polar surface area (TPSA) is 18.5 Å². The van der Waals surface area contributed by atoms with Gasteiger partial charge in [0.15, 0.2) is 0 Å². The SMILES string of the molecule is CCCNC(CC1CC1)C1CN(C)CCCN1C. The lowest BCUT2D eigenvalue weighted by atomic mass is 10.00. The lowest BCUT2D eigenvalue weighted by molar-refractivity contribution is 0.169. The molecule has 2 fully saturated rings. The van der Waals surface area contributed by atoms with Crippen molar-refractivity contribution in [3.8, 4) is 0 Å². The number of nitrogens with zero attached hydrogens (tertiary/aromatic N) is 2. The summed E-state index contributed by atoms with van der Waals surface area (Å²) in [5.74, 6) is 1.02. The first-order chi connectivity index (χ1) is 8.70. The van der Waals surface area contributed by atoms with Crippen LogP contribution >= 0.6 is 0 Å². The zero-order valence-corrected chi connectivity index (χ0v) is 12.5. The second-order valence-electron chi connectivity index (χ2n) is 6.40. The molecule has 1 saturated carbocycles. The Bertz CT molecular complexity index is 240. The third-order valence-electron chi connectivity index (χ3n) is 4.52. The summed E-state index contributed by atoms with van der Waals surface area (Å²) in [7, 11) is 4.59. The van der Waals surface area contributed by atoms with Crippen LogP contribution in [-0.2, 0) is 0 Å². The van der Waals surface area contributed by atoms with E-state index in [0.29, 0.717) is 12.1 Å². The van der Waals surface area contributed by atoms with Gasteiger partial charge in [-0.25, -0.2) is 0 Å². The maximum absolute atomic E-state index is 3.82. The highest BCUT2D eigenvalue weighted by Gasteiger charge is 2.33. The van der Waals surface area contributed by atoms with Gasteiger partial charge < -0.3 is 15.1 Å².